The first-order valence-electron chi connectivity index (χ1n) is 5.25. The fourth-order valence-electron chi connectivity index (χ4n) is 1.16. The number of aromatic nitrogens is 1. The van der Waals surface area contributed by atoms with Crippen LogP contribution >= 0.6 is 0 Å². The Hall–Kier alpha value is -1.62. The van der Waals surface area contributed by atoms with Gasteiger partial charge < -0.3 is 15.2 Å². The van der Waals surface area contributed by atoms with Gasteiger partial charge in [-0.2, -0.15) is 0 Å². The molecule has 0 aliphatic heterocycles. The van der Waals surface area contributed by atoms with Crippen LogP contribution in [0.3, 0.4) is 0 Å². The van der Waals surface area contributed by atoms with Crippen LogP contribution in [-0.2, 0) is 4.74 Å². The van der Waals surface area contributed by atoms with Crippen LogP contribution in [-0.4, -0.2) is 35.8 Å². The second-order valence-corrected chi connectivity index (χ2v) is 3.21. The van der Waals surface area contributed by atoms with Crippen molar-refractivity contribution in [2.24, 2.45) is 0 Å². The van der Waals surface area contributed by atoms with E-state index in [1.54, 1.807) is 6.07 Å². The summed E-state index contributed by atoms with van der Waals surface area (Å²) < 4.78 is 5.18. The number of pyridine rings is 1. The van der Waals surface area contributed by atoms with Crippen molar-refractivity contribution in [2.75, 3.05) is 25.1 Å². The fraction of sp³-hybridized carbons (Fsp3) is 0.455. The number of carboxylic acids is 1. The van der Waals surface area contributed by atoms with Crippen LogP contribution < -0.4 is 5.32 Å². The van der Waals surface area contributed by atoms with Crippen molar-refractivity contribution in [1.82, 2.24) is 4.98 Å². The number of nitrogens with one attached hydrogen (secondary N) is 1. The number of carboxylic acid groups (broad SMARTS) is 1. The first-order valence-corrected chi connectivity index (χ1v) is 5.25. The summed E-state index contributed by atoms with van der Waals surface area (Å²) in [4.78, 5) is 14.6. The molecule has 0 saturated heterocycles. The highest BCUT2D eigenvalue weighted by atomic mass is 16.5. The summed E-state index contributed by atoms with van der Waals surface area (Å²) in [6.45, 7) is 4.17. The van der Waals surface area contributed by atoms with Crippen molar-refractivity contribution < 1.29 is 14.6 Å². The lowest BCUT2D eigenvalue weighted by molar-refractivity contribution is 0.0696. The van der Waals surface area contributed by atoms with Crippen molar-refractivity contribution in [3.8, 4) is 0 Å². The molecule has 0 aromatic carbocycles. The van der Waals surface area contributed by atoms with E-state index in [0.717, 1.165) is 26.2 Å². The normalized spacial score (nSPS) is 10.1. The van der Waals surface area contributed by atoms with Crippen LogP contribution in [0.25, 0.3) is 0 Å². The van der Waals surface area contributed by atoms with Gasteiger partial charge in [0.05, 0.1) is 5.56 Å². The topological polar surface area (TPSA) is 71.5 Å². The molecule has 0 aliphatic rings. The lowest BCUT2D eigenvalue weighted by Crippen LogP contribution is -2.07. The molecule has 0 atom stereocenters. The van der Waals surface area contributed by atoms with Gasteiger partial charge in [-0.1, -0.05) is 0 Å². The molecule has 0 saturated carbocycles. The number of aromatic carboxylic acids is 1. The lowest BCUT2D eigenvalue weighted by atomic mass is 10.3. The van der Waals surface area contributed by atoms with Crippen LogP contribution in [0, 0.1) is 0 Å². The van der Waals surface area contributed by atoms with Crippen molar-refractivity contribution >= 4 is 11.8 Å². The Morgan fingerprint density at radius 2 is 2.38 bits per heavy atom. The zero-order valence-corrected chi connectivity index (χ0v) is 9.27. The van der Waals surface area contributed by atoms with Gasteiger partial charge in [0.2, 0.25) is 0 Å². The smallest absolute Gasteiger partial charge is 0.337 e. The summed E-state index contributed by atoms with van der Waals surface area (Å²) in [5, 5.41) is 11.8. The Bertz CT molecular complexity index is 325. The van der Waals surface area contributed by atoms with Gasteiger partial charge in [-0.15, -0.1) is 0 Å². The first-order chi connectivity index (χ1) is 7.74. The molecular weight excluding hydrogens is 208 g/mol. The van der Waals surface area contributed by atoms with Gasteiger partial charge >= 0.3 is 5.97 Å². The molecule has 16 heavy (non-hydrogen) atoms. The standard InChI is InChI=1S/C11H16N2O3/c1-2-16-7-3-6-12-10-5-4-9(8-13-10)11(14)15/h4-5,8H,2-3,6-7H2,1H3,(H,12,13)(H,14,15). The van der Waals surface area contributed by atoms with E-state index in [1.807, 2.05) is 6.92 Å². The van der Waals surface area contributed by atoms with Gasteiger partial charge in [0.25, 0.3) is 0 Å². The molecule has 1 rings (SSSR count). The number of hydrogen-bond donors (Lipinski definition) is 2. The molecule has 0 bridgehead atoms. The van der Waals surface area contributed by atoms with Crippen LogP contribution in [0.2, 0.25) is 0 Å². The van der Waals surface area contributed by atoms with E-state index < -0.39 is 5.97 Å². The number of ether oxygens (including phenoxy) is 1. The van der Waals surface area contributed by atoms with Gasteiger partial charge in [-0.25, -0.2) is 9.78 Å². The molecule has 0 radical (unpaired) electrons. The van der Waals surface area contributed by atoms with Crippen LogP contribution in [0.1, 0.15) is 23.7 Å². The molecule has 2 N–H and O–H groups in total. The lowest BCUT2D eigenvalue weighted by Gasteiger charge is -2.05. The average Bonchev–Trinajstić information content (AvgIpc) is 2.29. The molecule has 0 unspecified atom stereocenters. The predicted octanol–water partition coefficient (Wildman–Crippen LogP) is 1.62. The largest absolute Gasteiger partial charge is 0.478 e. The highest BCUT2D eigenvalue weighted by Gasteiger charge is 2.01. The molecule has 0 fully saturated rings. The molecule has 1 aromatic heterocycles. The minimum Gasteiger partial charge on any atom is -0.478 e. The molecule has 5 nitrogen and oxygen atoms in total. The number of nitrogens with zero attached hydrogens (tertiary/aromatic N) is 1. The predicted molar refractivity (Wildman–Crippen MR) is 60.8 cm³/mol. The minimum absolute atomic E-state index is 0.194. The van der Waals surface area contributed by atoms with Crippen molar-refractivity contribution in [2.45, 2.75) is 13.3 Å². The van der Waals surface area contributed by atoms with E-state index in [-0.39, 0.29) is 5.56 Å². The monoisotopic (exact) mass is 224 g/mol. The second kappa shape index (κ2) is 6.79. The second-order valence-electron chi connectivity index (χ2n) is 3.21. The summed E-state index contributed by atoms with van der Waals surface area (Å²) in [6, 6.07) is 3.18. The van der Waals surface area contributed by atoms with E-state index in [0.29, 0.717) is 5.82 Å². The number of hydrogen-bond acceptors (Lipinski definition) is 4. The third kappa shape index (κ3) is 4.27. The Balaban J connectivity index is 2.29. The fourth-order valence-corrected chi connectivity index (χ4v) is 1.16. The van der Waals surface area contributed by atoms with Crippen LogP contribution in [0.4, 0.5) is 5.82 Å². The third-order valence-corrected chi connectivity index (χ3v) is 1.99. The Morgan fingerprint density at radius 1 is 1.56 bits per heavy atom. The summed E-state index contributed by atoms with van der Waals surface area (Å²) >= 11 is 0. The SMILES string of the molecule is CCOCCCNc1ccc(C(=O)O)cn1. The molecule has 1 heterocycles. The van der Waals surface area contributed by atoms with E-state index in [1.165, 1.54) is 12.3 Å². The number of anilines is 1. The third-order valence-electron chi connectivity index (χ3n) is 1.99. The Labute approximate surface area is 94.5 Å². The van der Waals surface area contributed by atoms with Gasteiger partial charge in [0.15, 0.2) is 0 Å². The van der Waals surface area contributed by atoms with Gasteiger partial charge in [-0.3, -0.25) is 0 Å². The van der Waals surface area contributed by atoms with Gasteiger partial charge in [0.1, 0.15) is 5.82 Å². The number of rotatable bonds is 7. The highest BCUT2D eigenvalue weighted by molar-refractivity contribution is 5.87. The maximum absolute atomic E-state index is 10.6. The van der Waals surface area contributed by atoms with Gasteiger partial charge in [-0.05, 0) is 25.5 Å². The molecular formula is C11H16N2O3. The zero-order chi connectivity index (χ0) is 11.8. The van der Waals surface area contributed by atoms with E-state index in [2.05, 4.69) is 10.3 Å². The zero-order valence-electron chi connectivity index (χ0n) is 9.27. The summed E-state index contributed by atoms with van der Waals surface area (Å²) in [5.41, 5.74) is 0.194. The molecule has 0 aliphatic carbocycles. The van der Waals surface area contributed by atoms with Crippen molar-refractivity contribution in [1.29, 1.82) is 0 Å². The molecule has 1 aromatic rings. The summed E-state index contributed by atoms with van der Waals surface area (Å²) in [6.07, 6.45) is 2.24. The van der Waals surface area contributed by atoms with Crippen molar-refractivity contribution in [3.63, 3.8) is 0 Å². The van der Waals surface area contributed by atoms with Crippen LogP contribution in [0.5, 0.6) is 0 Å². The minimum atomic E-state index is -0.963. The first kappa shape index (κ1) is 12.4. The average molecular weight is 224 g/mol. The van der Waals surface area contributed by atoms with Crippen LogP contribution in [0.15, 0.2) is 18.3 Å². The maximum Gasteiger partial charge on any atom is 0.337 e. The van der Waals surface area contributed by atoms with E-state index in [9.17, 15) is 4.79 Å². The molecule has 88 valence electrons. The maximum atomic E-state index is 10.6. The Morgan fingerprint density at radius 3 is 2.94 bits per heavy atom. The quantitative estimate of drug-likeness (QED) is 0.688. The highest BCUT2D eigenvalue weighted by Crippen LogP contribution is 2.04. The summed E-state index contributed by atoms with van der Waals surface area (Å²) in [7, 11) is 0. The molecule has 0 amide bonds. The Kier molecular flexibility index (Phi) is 5.28. The van der Waals surface area contributed by atoms with Gasteiger partial charge in [0, 0.05) is 26.0 Å². The van der Waals surface area contributed by atoms with E-state index in [4.69, 9.17) is 9.84 Å². The molecule has 5 heteroatoms. The molecule has 0 spiro atoms. The van der Waals surface area contributed by atoms with Crippen molar-refractivity contribution in [3.05, 3.63) is 23.9 Å². The number of carbonyl (C=O) groups is 1. The summed E-state index contributed by atoms with van der Waals surface area (Å²) in [5.74, 6) is -0.281. The van der Waals surface area contributed by atoms with E-state index >= 15 is 0 Å².